The van der Waals surface area contributed by atoms with Gasteiger partial charge in [-0.1, -0.05) is 0 Å². The number of rotatable bonds is 6. The minimum Gasteiger partial charge on any atom is -0.504 e. The molecule has 0 aromatic heterocycles. The summed E-state index contributed by atoms with van der Waals surface area (Å²) >= 11 is 0. The fraction of sp³-hybridized carbons (Fsp3) is 0.263. The molecule has 2 aromatic carbocycles. The fourth-order valence-electron chi connectivity index (χ4n) is 2.82. The van der Waals surface area contributed by atoms with Gasteiger partial charge in [0.1, 0.15) is 10.6 Å². The first kappa shape index (κ1) is 19.8. The van der Waals surface area contributed by atoms with Crippen LogP contribution in [0.2, 0.25) is 0 Å². The van der Waals surface area contributed by atoms with Crippen LogP contribution in [0.3, 0.4) is 0 Å². The molecule has 28 heavy (non-hydrogen) atoms. The van der Waals surface area contributed by atoms with E-state index in [4.69, 9.17) is 9.47 Å². The molecule has 0 spiro atoms. The smallest absolute Gasteiger partial charge is 0.179 e. The Hall–Kier alpha value is -2.91. The average molecular weight is 403 g/mol. The number of aryl methyl sites for hydroxylation is 1. The maximum absolute atomic E-state index is 12.5. The van der Waals surface area contributed by atoms with E-state index in [1.54, 1.807) is 24.4 Å². The summed E-state index contributed by atoms with van der Waals surface area (Å²) in [6, 6.07) is 8.48. The third-order valence-electron chi connectivity index (χ3n) is 4.11. The summed E-state index contributed by atoms with van der Waals surface area (Å²) in [7, 11) is 1.37. The molecule has 1 unspecified atom stereocenters. The summed E-state index contributed by atoms with van der Waals surface area (Å²) in [6.45, 7) is 1.90. The molecular weight excluding hydrogens is 382 g/mol. The van der Waals surface area contributed by atoms with Crippen LogP contribution in [-0.4, -0.2) is 58.9 Å². The number of fused-ring (bicyclic) bond motifs is 1. The Kier molecular flexibility index (Phi) is 5.96. The van der Waals surface area contributed by atoms with Crippen LogP contribution < -0.4 is 9.47 Å². The van der Waals surface area contributed by atoms with Crippen molar-refractivity contribution in [1.82, 2.24) is 5.01 Å². The van der Waals surface area contributed by atoms with Gasteiger partial charge in [0.15, 0.2) is 28.3 Å². The SMILES string of the molecule is COc1cc(/C=N/N(CCO)C2=NS(=O)c3c(OC)cc(C)cc32)ccc1O. The van der Waals surface area contributed by atoms with Crippen LogP contribution >= 0.6 is 0 Å². The number of hydrogen-bond acceptors (Lipinski definition) is 7. The molecule has 1 heterocycles. The molecule has 1 atom stereocenters. The number of hydrogen-bond donors (Lipinski definition) is 2. The molecule has 9 heteroatoms. The van der Waals surface area contributed by atoms with Gasteiger partial charge in [0.05, 0.1) is 33.6 Å². The van der Waals surface area contributed by atoms with E-state index in [1.165, 1.54) is 25.3 Å². The first-order valence-electron chi connectivity index (χ1n) is 8.47. The van der Waals surface area contributed by atoms with E-state index in [-0.39, 0.29) is 18.9 Å². The Bertz CT molecular complexity index is 974. The second-order valence-corrected chi connectivity index (χ2v) is 7.12. The van der Waals surface area contributed by atoms with Crippen molar-refractivity contribution in [2.24, 2.45) is 9.50 Å². The van der Waals surface area contributed by atoms with E-state index >= 15 is 0 Å². The topological polar surface area (TPSA) is 104 Å². The van der Waals surface area contributed by atoms with Gasteiger partial charge in [-0.2, -0.15) is 9.50 Å². The number of phenolic OH excluding ortho intramolecular Hbond substituents is 1. The number of aliphatic hydroxyl groups excluding tert-OH is 1. The van der Waals surface area contributed by atoms with Crippen molar-refractivity contribution in [2.45, 2.75) is 11.8 Å². The zero-order valence-electron chi connectivity index (χ0n) is 15.7. The number of benzene rings is 2. The highest BCUT2D eigenvalue weighted by Crippen LogP contribution is 2.34. The van der Waals surface area contributed by atoms with Crippen molar-refractivity contribution in [3.8, 4) is 17.2 Å². The summed E-state index contributed by atoms with van der Waals surface area (Å²) in [6.07, 6.45) is 1.55. The first-order chi connectivity index (χ1) is 13.5. The molecule has 8 nitrogen and oxygen atoms in total. The highest BCUT2D eigenvalue weighted by atomic mass is 32.2. The third-order valence-corrected chi connectivity index (χ3v) is 5.22. The average Bonchev–Trinajstić information content (AvgIpc) is 3.01. The monoisotopic (exact) mass is 403 g/mol. The number of hydrazone groups is 1. The lowest BCUT2D eigenvalue weighted by Crippen LogP contribution is -2.29. The zero-order valence-corrected chi connectivity index (χ0v) is 16.6. The number of methoxy groups -OCH3 is 2. The molecule has 0 saturated carbocycles. The maximum Gasteiger partial charge on any atom is 0.179 e. The number of aromatic hydroxyl groups is 1. The summed E-state index contributed by atoms with van der Waals surface area (Å²) in [5.74, 6) is 1.25. The number of phenols is 1. The van der Waals surface area contributed by atoms with E-state index in [2.05, 4.69) is 9.50 Å². The third kappa shape index (κ3) is 3.85. The van der Waals surface area contributed by atoms with Gasteiger partial charge < -0.3 is 19.7 Å². The van der Waals surface area contributed by atoms with E-state index < -0.39 is 11.0 Å². The van der Waals surface area contributed by atoms with Crippen molar-refractivity contribution in [3.05, 3.63) is 47.0 Å². The van der Waals surface area contributed by atoms with Crippen molar-refractivity contribution in [1.29, 1.82) is 0 Å². The van der Waals surface area contributed by atoms with Crippen LogP contribution in [0.25, 0.3) is 0 Å². The molecule has 0 aliphatic carbocycles. The van der Waals surface area contributed by atoms with E-state index in [0.29, 0.717) is 33.4 Å². The van der Waals surface area contributed by atoms with Crippen LogP contribution in [0.15, 0.2) is 44.7 Å². The Morgan fingerprint density at radius 2 is 1.96 bits per heavy atom. The molecule has 0 bridgehead atoms. The highest BCUT2D eigenvalue weighted by molar-refractivity contribution is 7.84. The summed E-state index contributed by atoms with van der Waals surface area (Å²) < 4.78 is 27.2. The van der Waals surface area contributed by atoms with Crippen molar-refractivity contribution >= 4 is 23.0 Å². The van der Waals surface area contributed by atoms with Gasteiger partial charge in [0.25, 0.3) is 0 Å². The van der Waals surface area contributed by atoms with Gasteiger partial charge in [-0.15, -0.1) is 0 Å². The van der Waals surface area contributed by atoms with Gasteiger partial charge >= 0.3 is 0 Å². The molecular formula is C19H21N3O5S. The fourth-order valence-corrected chi connectivity index (χ4v) is 3.91. The standard InChI is InChI=1S/C19H21N3O5S/c1-12-8-14-18(17(9-12)27-3)28(25)21-19(14)22(6-7-23)20-11-13-4-5-15(24)16(10-13)26-2/h4-5,8-11,23-24H,6-7H2,1-3H3/b20-11+. The van der Waals surface area contributed by atoms with Gasteiger partial charge in [-0.3, -0.25) is 0 Å². The lowest BCUT2D eigenvalue weighted by molar-refractivity contribution is 0.254. The predicted molar refractivity (Wildman–Crippen MR) is 107 cm³/mol. The van der Waals surface area contributed by atoms with E-state index in [0.717, 1.165) is 5.56 Å². The van der Waals surface area contributed by atoms with Crippen molar-refractivity contribution in [3.63, 3.8) is 0 Å². The molecule has 2 aromatic rings. The van der Waals surface area contributed by atoms with Crippen molar-refractivity contribution < 1.29 is 23.9 Å². The summed E-state index contributed by atoms with van der Waals surface area (Å²) in [5.41, 5.74) is 2.27. The molecule has 0 saturated heterocycles. The molecule has 148 valence electrons. The molecule has 0 fully saturated rings. The zero-order chi connectivity index (χ0) is 20.3. The lowest BCUT2D eigenvalue weighted by Gasteiger charge is -2.18. The molecule has 1 aliphatic heterocycles. The maximum atomic E-state index is 12.5. The largest absolute Gasteiger partial charge is 0.504 e. The quantitative estimate of drug-likeness (QED) is 0.563. The Labute approximate surface area is 165 Å². The number of aliphatic hydroxyl groups is 1. The number of amidine groups is 1. The molecule has 0 amide bonds. The Balaban J connectivity index is 1.98. The summed E-state index contributed by atoms with van der Waals surface area (Å²) in [4.78, 5) is 0.493. The predicted octanol–water partition coefficient (Wildman–Crippen LogP) is 1.83. The molecule has 1 aliphatic rings. The second-order valence-electron chi connectivity index (χ2n) is 6.03. The van der Waals surface area contributed by atoms with Crippen LogP contribution in [0.4, 0.5) is 0 Å². The summed E-state index contributed by atoms with van der Waals surface area (Å²) in [5, 5.41) is 25.0. The van der Waals surface area contributed by atoms with Crippen LogP contribution in [-0.2, 0) is 11.0 Å². The van der Waals surface area contributed by atoms with Gasteiger partial charge in [0.2, 0.25) is 0 Å². The normalized spacial score (nSPS) is 15.4. The van der Waals surface area contributed by atoms with Gasteiger partial charge in [-0.25, -0.2) is 9.22 Å². The molecule has 2 N–H and O–H groups in total. The van der Waals surface area contributed by atoms with Crippen LogP contribution in [0.5, 0.6) is 17.2 Å². The minimum absolute atomic E-state index is 0.0268. The van der Waals surface area contributed by atoms with Gasteiger partial charge in [-0.05, 0) is 48.4 Å². The Morgan fingerprint density at radius 1 is 1.21 bits per heavy atom. The number of ether oxygens (including phenoxy) is 2. The van der Waals surface area contributed by atoms with Crippen LogP contribution in [0, 0.1) is 6.92 Å². The van der Waals surface area contributed by atoms with Crippen LogP contribution in [0.1, 0.15) is 16.7 Å². The van der Waals surface area contributed by atoms with Gasteiger partial charge in [0, 0.05) is 5.56 Å². The first-order valence-corrected chi connectivity index (χ1v) is 9.58. The minimum atomic E-state index is -1.62. The van der Waals surface area contributed by atoms with E-state index in [9.17, 15) is 14.4 Å². The lowest BCUT2D eigenvalue weighted by atomic mass is 10.1. The second kappa shape index (κ2) is 8.41. The Morgan fingerprint density at radius 3 is 2.64 bits per heavy atom. The molecule has 3 rings (SSSR count). The van der Waals surface area contributed by atoms with Crippen molar-refractivity contribution in [2.75, 3.05) is 27.4 Å². The molecule has 0 radical (unpaired) electrons. The number of nitrogens with zero attached hydrogens (tertiary/aromatic N) is 3. The van der Waals surface area contributed by atoms with E-state index in [1.807, 2.05) is 13.0 Å². The highest BCUT2D eigenvalue weighted by Gasteiger charge is 2.30.